The van der Waals surface area contributed by atoms with Crippen molar-refractivity contribution in [1.29, 1.82) is 0 Å². The summed E-state index contributed by atoms with van der Waals surface area (Å²) in [5.41, 5.74) is 2.32. The number of benzene rings is 1. The number of esters is 2. The standard InChI is InChI=1S/C20H23Cl2NO4/c1-6-10(2)27-20(25)16-12(4)23-11(3)15(19(24)26-5)17(16)13-8-7-9-14(21)18(13)22/h7-10,17,23H,6H2,1-5H3. The van der Waals surface area contributed by atoms with E-state index in [1.165, 1.54) is 7.11 Å². The van der Waals surface area contributed by atoms with Gasteiger partial charge in [0.15, 0.2) is 0 Å². The minimum atomic E-state index is -0.749. The van der Waals surface area contributed by atoms with Crippen LogP contribution in [0.25, 0.3) is 0 Å². The van der Waals surface area contributed by atoms with E-state index in [2.05, 4.69) is 5.32 Å². The van der Waals surface area contributed by atoms with Crippen LogP contribution in [0.4, 0.5) is 0 Å². The monoisotopic (exact) mass is 411 g/mol. The van der Waals surface area contributed by atoms with Crippen LogP contribution >= 0.6 is 23.2 Å². The number of allylic oxidation sites excluding steroid dienone is 2. The topological polar surface area (TPSA) is 64.6 Å². The second-order valence-corrected chi connectivity index (χ2v) is 7.18. The summed E-state index contributed by atoms with van der Waals surface area (Å²) in [5.74, 6) is -1.81. The summed E-state index contributed by atoms with van der Waals surface area (Å²) in [5, 5.41) is 3.70. The summed E-state index contributed by atoms with van der Waals surface area (Å²) in [7, 11) is 1.29. The summed E-state index contributed by atoms with van der Waals surface area (Å²) in [4.78, 5) is 25.5. The van der Waals surface area contributed by atoms with Gasteiger partial charge in [0, 0.05) is 11.4 Å². The molecule has 0 bridgehead atoms. The highest BCUT2D eigenvalue weighted by molar-refractivity contribution is 6.42. The lowest BCUT2D eigenvalue weighted by atomic mass is 9.80. The van der Waals surface area contributed by atoms with E-state index < -0.39 is 17.9 Å². The van der Waals surface area contributed by atoms with E-state index in [4.69, 9.17) is 32.7 Å². The maximum atomic E-state index is 13.0. The molecule has 27 heavy (non-hydrogen) atoms. The number of methoxy groups -OCH3 is 1. The molecule has 1 aliphatic heterocycles. The Labute approximate surface area is 169 Å². The molecule has 0 radical (unpaired) electrons. The van der Waals surface area contributed by atoms with Crippen molar-refractivity contribution in [2.45, 2.75) is 46.1 Å². The molecule has 1 aliphatic rings. The molecule has 1 aromatic rings. The summed E-state index contributed by atoms with van der Waals surface area (Å²) in [6.07, 6.45) is 0.411. The van der Waals surface area contributed by atoms with Gasteiger partial charge in [-0.2, -0.15) is 0 Å². The van der Waals surface area contributed by atoms with Gasteiger partial charge in [0.25, 0.3) is 0 Å². The molecule has 146 valence electrons. The Morgan fingerprint density at radius 3 is 2.30 bits per heavy atom. The Balaban J connectivity index is 2.69. The Hall–Kier alpha value is -1.98. The number of hydrogen-bond donors (Lipinski definition) is 1. The average molecular weight is 412 g/mol. The van der Waals surface area contributed by atoms with Gasteiger partial charge >= 0.3 is 11.9 Å². The van der Waals surface area contributed by atoms with E-state index in [9.17, 15) is 9.59 Å². The van der Waals surface area contributed by atoms with Crippen LogP contribution in [0.15, 0.2) is 40.7 Å². The second kappa shape index (κ2) is 8.81. The minimum absolute atomic E-state index is 0.262. The summed E-state index contributed by atoms with van der Waals surface area (Å²) < 4.78 is 10.5. The maximum Gasteiger partial charge on any atom is 0.337 e. The van der Waals surface area contributed by atoms with E-state index >= 15 is 0 Å². The Bertz CT molecular complexity index is 829. The summed E-state index contributed by atoms with van der Waals surface area (Å²) in [6, 6.07) is 5.11. The van der Waals surface area contributed by atoms with Gasteiger partial charge in [-0.05, 0) is 38.8 Å². The molecule has 1 heterocycles. The number of dihydropyridines is 1. The molecule has 0 aromatic heterocycles. The van der Waals surface area contributed by atoms with E-state index in [-0.39, 0.29) is 11.1 Å². The van der Waals surface area contributed by atoms with Crippen molar-refractivity contribution in [2.24, 2.45) is 0 Å². The first-order valence-electron chi connectivity index (χ1n) is 8.64. The smallest absolute Gasteiger partial charge is 0.337 e. The molecule has 0 amide bonds. The Morgan fingerprint density at radius 1 is 1.15 bits per heavy atom. The fourth-order valence-corrected chi connectivity index (χ4v) is 3.45. The highest BCUT2D eigenvalue weighted by atomic mass is 35.5. The highest BCUT2D eigenvalue weighted by Crippen LogP contribution is 2.43. The van der Waals surface area contributed by atoms with Crippen LogP contribution in [0.3, 0.4) is 0 Å². The zero-order valence-corrected chi connectivity index (χ0v) is 17.5. The van der Waals surface area contributed by atoms with Crippen molar-refractivity contribution in [3.8, 4) is 0 Å². The number of halogens is 2. The van der Waals surface area contributed by atoms with Gasteiger partial charge in [0.05, 0.1) is 40.3 Å². The molecule has 1 aromatic carbocycles. The van der Waals surface area contributed by atoms with Crippen LogP contribution in [-0.4, -0.2) is 25.2 Å². The van der Waals surface area contributed by atoms with Crippen molar-refractivity contribution in [1.82, 2.24) is 5.32 Å². The number of carbonyl (C=O) groups excluding carboxylic acids is 2. The molecular formula is C20H23Cl2NO4. The van der Waals surface area contributed by atoms with Crippen molar-refractivity contribution < 1.29 is 19.1 Å². The zero-order chi connectivity index (χ0) is 20.3. The van der Waals surface area contributed by atoms with E-state index in [0.717, 1.165) is 0 Å². The van der Waals surface area contributed by atoms with Gasteiger partial charge in [-0.3, -0.25) is 0 Å². The zero-order valence-electron chi connectivity index (χ0n) is 16.0. The molecule has 2 unspecified atom stereocenters. The minimum Gasteiger partial charge on any atom is -0.466 e. The fourth-order valence-electron chi connectivity index (χ4n) is 3.03. The third-order valence-corrected chi connectivity index (χ3v) is 5.39. The SMILES string of the molecule is CCC(C)OC(=O)C1=C(C)NC(C)=C(C(=O)OC)C1c1cccc(Cl)c1Cl. The number of hydrogen-bond acceptors (Lipinski definition) is 5. The quantitative estimate of drug-likeness (QED) is 0.708. The van der Waals surface area contributed by atoms with E-state index in [1.54, 1.807) is 32.0 Å². The van der Waals surface area contributed by atoms with Crippen molar-refractivity contribution in [2.75, 3.05) is 7.11 Å². The van der Waals surface area contributed by atoms with Crippen molar-refractivity contribution >= 4 is 35.1 Å². The molecule has 2 rings (SSSR count). The molecule has 0 aliphatic carbocycles. The lowest BCUT2D eigenvalue weighted by Crippen LogP contribution is -2.33. The first-order valence-corrected chi connectivity index (χ1v) is 9.40. The number of carbonyl (C=O) groups is 2. The lowest BCUT2D eigenvalue weighted by Gasteiger charge is -2.31. The van der Waals surface area contributed by atoms with Crippen LogP contribution < -0.4 is 5.32 Å². The third kappa shape index (κ3) is 4.30. The van der Waals surface area contributed by atoms with Crippen LogP contribution in [0, 0.1) is 0 Å². The molecule has 0 spiro atoms. The predicted octanol–water partition coefficient (Wildman–Crippen LogP) is 4.74. The second-order valence-electron chi connectivity index (χ2n) is 6.39. The average Bonchev–Trinajstić information content (AvgIpc) is 2.62. The predicted molar refractivity (Wildman–Crippen MR) is 106 cm³/mol. The van der Waals surface area contributed by atoms with Gasteiger partial charge in [-0.25, -0.2) is 9.59 Å². The van der Waals surface area contributed by atoms with Gasteiger partial charge in [-0.15, -0.1) is 0 Å². The van der Waals surface area contributed by atoms with Gasteiger partial charge in [0.2, 0.25) is 0 Å². The fraction of sp³-hybridized carbons (Fsp3) is 0.400. The maximum absolute atomic E-state index is 13.0. The van der Waals surface area contributed by atoms with Crippen LogP contribution in [-0.2, 0) is 19.1 Å². The first-order chi connectivity index (χ1) is 12.7. The number of rotatable bonds is 5. The van der Waals surface area contributed by atoms with Crippen LogP contribution in [0.2, 0.25) is 10.0 Å². The van der Waals surface area contributed by atoms with Crippen molar-refractivity contribution in [3.63, 3.8) is 0 Å². The first kappa shape index (κ1) is 21.3. The molecule has 0 fully saturated rings. The summed E-state index contributed by atoms with van der Waals surface area (Å²) >= 11 is 12.6. The molecule has 2 atom stereocenters. The normalized spacial score (nSPS) is 18.1. The Kier molecular flexibility index (Phi) is 6.95. The molecule has 0 saturated carbocycles. The van der Waals surface area contributed by atoms with E-state index in [0.29, 0.717) is 39.5 Å². The molecular weight excluding hydrogens is 389 g/mol. The van der Waals surface area contributed by atoms with Crippen LogP contribution in [0.5, 0.6) is 0 Å². The Morgan fingerprint density at radius 2 is 1.74 bits per heavy atom. The molecule has 7 heteroatoms. The van der Waals surface area contributed by atoms with E-state index in [1.807, 2.05) is 13.8 Å². The summed E-state index contributed by atoms with van der Waals surface area (Å²) in [6.45, 7) is 7.25. The van der Waals surface area contributed by atoms with Crippen molar-refractivity contribution in [3.05, 3.63) is 56.3 Å². The van der Waals surface area contributed by atoms with Crippen LogP contribution in [0.1, 0.15) is 45.6 Å². The molecule has 0 saturated heterocycles. The van der Waals surface area contributed by atoms with Gasteiger partial charge in [-0.1, -0.05) is 42.3 Å². The van der Waals surface area contributed by atoms with Gasteiger partial charge < -0.3 is 14.8 Å². The number of ether oxygens (including phenoxy) is 2. The largest absolute Gasteiger partial charge is 0.466 e. The number of nitrogens with one attached hydrogen (secondary N) is 1. The molecule has 5 nitrogen and oxygen atoms in total. The third-order valence-electron chi connectivity index (χ3n) is 4.56. The molecule has 1 N–H and O–H groups in total. The highest BCUT2D eigenvalue weighted by Gasteiger charge is 2.39. The lowest BCUT2D eigenvalue weighted by molar-refractivity contribution is -0.144. The van der Waals surface area contributed by atoms with Gasteiger partial charge in [0.1, 0.15) is 0 Å².